The summed E-state index contributed by atoms with van der Waals surface area (Å²) in [5.74, 6) is -16.4. The van der Waals surface area contributed by atoms with Gasteiger partial charge in [0.15, 0.2) is 35.3 Å². The number of carbonyl (C=O) groups is 7. The summed E-state index contributed by atoms with van der Waals surface area (Å²) in [6, 6.07) is 5.04. The molecule has 7 aliphatic heterocycles. The van der Waals surface area contributed by atoms with Crippen molar-refractivity contribution in [1.82, 2.24) is 31.9 Å². The molecule has 0 aliphatic carbocycles. The Kier molecular flexibility index (Phi) is 23.1. The zero-order chi connectivity index (χ0) is 79.2. The van der Waals surface area contributed by atoms with Gasteiger partial charge in [-0.25, -0.2) is 4.79 Å². The fraction of sp³-hybridized carbons (Fsp3) is 0.319. The van der Waals surface area contributed by atoms with E-state index in [-0.39, 0.29) is 45.4 Å². The molecule has 6 amide bonds. The number of phenols is 5. The lowest BCUT2D eigenvalue weighted by molar-refractivity contribution is -0.284. The number of fused-ring (bicyclic) bond motifs is 15. The molecule has 38 heteroatoms. The van der Waals surface area contributed by atoms with Crippen LogP contribution in [0.1, 0.15) is 82.2 Å². The summed E-state index contributed by atoms with van der Waals surface area (Å²) >= 11 is 14.1. The lowest BCUT2D eigenvalue weighted by Crippen LogP contribution is -2.65. The molecule has 36 nitrogen and oxygen atoms in total. The summed E-state index contributed by atoms with van der Waals surface area (Å²) < 4.78 is 42.9. The number of aliphatic hydroxyl groups excluding tert-OH is 8. The molecule has 0 aromatic heterocycles. The van der Waals surface area contributed by atoms with Crippen molar-refractivity contribution >= 4 is 64.6 Å². The molecule has 18 atom stereocenters. The zero-order valence-corrected chi connectivity index (χ0v) is 58.6. The number of carboxylic acid groups (broad SMARTS) is 1. The molecule has 0 radical (unpaired) electrons. The predicted octanol–water partition coefficient (Wildman–Crippen LogP) is 0.247. The van der Waals surface area contributed by atoms with Crippen LogP contribution >= 0.6 is 23.2 Å². The van der Waals surface area contributed by atoms with Crippen LogP contribution in [0.5, 0.6) is 69.0 Å². The molecule has 7 aliphatic rings. The highest BCUT2D eigenvalue weighted by Crippen LogP contribution is 2.49. The number of aliphatic carboxylic acids is 1. The molecule has 7 aromatic rings. The summed E-state index contributed by atoms with van der Waals surface area (Å²) in [4.78, 5) is 104. The number of halogens is 2. The topological polar surface area (TPSA) is 592 Å². The van der Waals surface area contributed by atoms with Gasteiger partial charge in [-0.3, -0.25) is 28.8 Å². The van der Waals surface area contributed by atoms with Crippen LogP contribution < -0.4 is 62.3 Å². The fourth-order valence-corrected chi connectivity index (χ4v) is 13.6. The second kappa shape index (κ2) is 32.3. The molecule has 2 fully saturated rings. The van der Waals surface area contributed by atoms with Crippen LogP contribution in [0.3, 0.4) is 0 Å². The number of nitrogens with two attached hydrogens (primary N) is 2. The van der Waals surface area contributed by atoms with Crippen LogP contribution in [0.2, 0.25) is 10.0 Å². The first kappa shape index (κ1) is 78.7. The maximum atomic E-state index is 16.2. The first-order valence-electron chi connectivity index (χ1n) is 33.6. The first-order valence-corrected chi connectivity index (χ1v) is 34.3. The minimum Gasteiger partial charge on any atom is -0.508 e. The van der Waals surface area contributed by atoms with E-state index in [2.05, 4.69) is 31.9 Å². The van der Waals surface area contributed by atoms with Crippen LogP contribution in [0.25, 0.3) is 11.1 Å². The number of phenolic OH excluding ortho intramolecular Hbond substituents is 5. The van der Waals surface area contributed by atoms with Crippen molar-refractivity contribution in [3.63, 3.8) is 0 Å². The molecule has 2 saturated heterocycles. The number of carbonyl (C=O) groups excluding carboxylic acids is 6. The summed E-state index contributed by atoms with van der Waals surface area (Å²) in [5, 5.41) is 171. The molecule has 14 rings (SSSR count). The summed E-state index contributed by atoms with van der Waals surface area (Å²) in [6.45, 7) is -1.67. The molecule has 110 heavy (non-hydrogen) atoms. The Morgan fingerprint density at radius 1 is 0.536 bits per heavy atom. The van der Waals surface area contributed by atoms with Crippen molar-refractivity contribution in [3.05, 3.63) is 164 Å². The quantitative estimate of drug-likeness (QED) is 0.0921. The number of aliphatic hydroxyl groups is 8. The predicted molar refractivity (Wildman–Crippen MR) is 375 cm³/mol. The SMILES string of the molecule is CC(=O)NC1C(OC2c3ccc(c(Cl)c3)Oc3cc4cc(c3O)Oc3ccc(cc3Cl)CC(CO)NC(=O)C(N)c3ccc(O)c(c3)Oc3cc(O)cc(c3)C(N)C(=O)NC4C(=O)NC3C(=O)NC2C(=O)NC(C(=O)O)c2cc(O)cc(OC4OC(CO)C(O)C(O)C4O)c2-c2cc3ccc2O)OC(CO)C(O)C1O. The Balaban J connectivity index is 1.09. The molecule has 0 saturated carbocycles. The molecular formula is C72H72Cl2N8O28. The molecule has 582 valence electrons. The minimum atomic E-state index is -2.49. The maximum absolute atomic E-state index is 16.2. The second-order valence-electron chi connectivity index (χ2n) is 26.3. The molecule has 18 unspecified atom stereocenters. The maximum Gasteiger partial charge on any atom is 0.330 e. The van der Waals surface area contributed by atoms with E-state index in [1.54, 1.807) is 0 Å². The van der Waals surface area contributed by atoms with Gasteiger partial charge in [0.1, 0.15) is 125 Å². The molecule has 7 aromatic carbocycles. The fourth-order valence-electron chi connectivity index (χ4n) is 13.1. The number of ether oxygens (including phenoxy) is 7. The van der Waals surface area contributed by atoms with E-state index in [1.165, 1.54) is 30.3 Å². The van der Waals surface area contributed by atoms with Gasteiger partial charge >= 0.3 is 5.97 Å². The monoisotopic (exact) mass is 1570 g/mol. The number of nitrogens with one attached hydrogen (secondary N) is 6. The van der Waals surface area contributed by atoms with Crippen molar-refractivity contribution in [1.29, 1.82) is 0 Å². The normalized spacial score (nSPS) is 27.8. The number of hydrogen-bond donors (Lipinski definition) is 22. The molecule has 15 bridgehead atoms. The molecule has 7 heterocycles. The van der Waals surface area contributed by atoms with Crippen LogP contribution in [-0.4, -0.2) is 206 Å². The Hall–Kier alpha value is -10.9. The highest BCUT2D eigenvalue weighted by Gasteiger charge is 2.50. The van der Waals surface area contributed by atoms with Gasteiger partial charge in [0.25, 0.3) is 0 Å². The van der Waals surface area contributed by atoms with Gasteiger partial charge in [-0.15, -0.1) is 0 Å². The Bertz CT molecular complexity index is 4770. The van der Waals surface area contributed by atoms with Crippen molar-refractivity contribution in [2.75, 3.05) is 19.8 Å². The Morgan fingerprint density at radius 2 is 1.12 bits per heavy atom. The van der Waals surface area contributed by atoms with Gasteiger partial charge in [0.05, 0.1) is 35.9 Å². The van der Waals surface area contributed by atoms with Crippen molar-refractivity contribution in [2.45, 2.75) is 123 Å². The summed E-state index contributed by atoms with van der Waals surface area (Å²) in [7, 11) is 0. The van der Waals surface area contributed by atoms with Gasteiger partial charge in [0, 0.05) is 35.7 Å². The third kappa shape index (κ3) is 16.2. The molecule has 24 N–H and O–H groups in total. The van der Waals surface area contributed by atoms with Crippen LogP contribution in [0.4, 0.5) is 0 Å². The first-order chi connectivity index (χ1) is 52.3. The summed E-state index contributed by atoms with van der Waals surface area (Å²) in [6.07, 6.45) is -20.3. The number of aromatic hydroxyl groups is 5. The summed E-state index contributed by atoms with van der Waals surface area (Å²) in [5.41, 5.74) is 10.2. The van der Waals surface area contributed by atoms with Gasteiger partial charge in [-0.1, -0.05) is 47.5 Å². The minimum absolute atomic E-state index is 0.0810. The van der Waals surface area contributed by atoms with Crippen molar-refractivity contribution in [3.8, 4) is 80.1 Å². The van der Waals surface area contributed by atoms with Gasteiger partial charge in [-0.05, 0) is 119 Å². The lowest BCUT2D eigenvalue weighted by Gasteiger charge is -2.44. The highest BCUT2D eigenvalue weighted by atomic mass is 35.5. The average molecular weight is 1570 g/mol. The van der Waals surface area contributed by atoms with Crippen LogP contribution in [-0.2, 0) is 54.2 Å². The van der Waals surface area contributed by atoms with Crippen molar-refractivity contribution < 1.29 is 138 Å². The Labute approximate surface area is 630 Å². The van der Waals surface area contributed by atoms with Crippen molar-refractivity contribution in [2.24, 2.45) is 11.5 Å². The van der Waals surface area contributed by atoms with E-state index in [0.717, 1.165) is 91.9 Å². The van der Waals surface area contributed by atoms with E-state index >= 15 is 19.2 Å². The van der Waals surface area contributed by atoms with E-state index in [0.29, 0.717) is 5.56 Å². The van der Waals surface area contributed by atoms with Crippen LogP contribution in [0.15, 0.2) is 115 Å². The smallest absolute Gasteiger partial charge is 0.330 e. The Morgan fingerprint density at radius 3 is 1.77 bits per heavy atom. The second-order valence-corrected chi connectivity index (χ2v) is 27.1. The van der Waals surface area contributed by atoms with Gasteiger partial charge in [0.2, 0.25) is 47.5 Å². The number of carboxylic acids is 1. The number of amides is 6. The van der Waals surface area contributed by atoms with Gasteiger partial charge < -0.3 is 148 Å². The third-order valence-electron chi connectivity index (χ3n) is 18.8. The number of benzene rings is 7. The molecule has 0 spiro atoms. The average Bonchev–Trinajstić information content (AvgIpc) is 0.738. The van der Waals surface area contributed by atoms with E-state index < -0.39 is 256 Å². The zero-order valence-electron chi connectivity index (χ0n) is 57.1. The van der Waals surface area contributed by atoms with Gasteiger partial charge in [-0.2, -0.15) is 0 Å². The van der Waals surface area contributed by atoms with E-state index in [9.17, 15) is 85.9 Å². The highest BCUT2D eigenvalue weighted by molar-refractivity contribution is 6.32. The third-order valence-corrected chi connectivity index (χ3v) is 19.4. The van der Waals surface area contributed by atoms with Crippen LogP contribution in [0, 0.1) is 0 Å². The largest absolute Gasteiger partial charge is 0.508 e. The van der Waals surface area contributed by atoms with E-state index in [4.69, 9.17) is 67.8 Å². The standard InChI is InChI=1S/C72H72Cl2N8O28/c1-25(86)77-56-61(94)59(92)48(23-84)108-71(56)110-64-29-5-9-43(39(74)15-29)106-47-18-31-17-46(58(47)91)105-42-8-2-26(11-38(42)73)10-32(22-83)78-65(97)51(75)27-3-7-41(90)44(16-27)104-35-13-30(12-33(87)19-35)52(76)66(98)79-54(31)68(100)80-53-28-4-6-40(89)36(14-28)50-37(55(70(102)103)81-69(101)57(64)82-67(53)99)20-34(88)21-45(50)107-72-63(96)62(95)60(93)49(24-85)109-72/h2-9,11-21,32,48-49,51-57,59-64,71-72,83-85,87-96H,10,22-24,75-76H2,1H3,(H,77,86)(H,78,97)(H,79,98)(H,80,100)(H,81,101)(H,82,99)(H,102,103). The number of rotatable bonds is 9. The van der Waals surface area contributed by atoms with E-state index in [1.807, 2.05) is 0 Å². The number of hydrogen-bond acceptors (Lipinski definition) is 29. The molecular weight excluding hydrogens is 1500 g/mol. The lowest BCUT2D eigenvalue weighted by atomic mass is 9.89.